The Bertz CT molecular complexity index is 231. The zero-order valence-electron chi connectivity index (χ0n) is 9.58. The smallest absolute Gasteiger partial charge is 0.403 e. The van der Waals surface area contributed by atoms with Gasteiger partial charge in [0.2, 0.25) is 0 Å². The second kappa shape index (κ2) is 6.05. The van der Waals surface area contributed by atoms with Crippen LogP contribution in [0.25, 0.3) is 0 Å². The third-order valence-electron chi connectivity index (χ3n) is 2.12. The van der Waals surface area contributed by atoms with E-state index in [4.69, 9.17) is 5.11 Å². The second-order valence-corrected chi connectivity index (χ2v) is 4.00. The summed E-state index contributed by atoms with van der Waals surface area (Å²) >= 11 is 0. The Balaban J connectivity index is 4.25. The standard InChI is InChI=1S/C9H17F3N2O2/c1-13(2)4-5-14(3)6-7(8(15)16)9(10,11)12/h7H,4-6H2,1-3H3,(H,15,16). The van der Waals surface area contributed by atoms with Crippen LogP contribution in [-0.2, 0) is 4.79 Å². The van der Waals surface area contributed by atoms with Gasteiger partial charge in [-0.25, -0.2) is 0 Å². The van der Waals surface area contributed by atoms with Gasteiger partial charge in [0.15, 0.2) is 5.92 Å². The number of halogens is 3. The van der Waals surface area contributed by atoms with E-state index in [1.54, 1.807) is 14.1 Å². The highest BCUT2D eigenvalue weighted by Gasteiger charge is 2.45. The summed E-state index contributed by atoms with van der Waals surface area (Å²) in [6.07, 6.45) is -4.70. The Kier molecular flexibility index (Phi) is 5.74. The van der Waals surface area contributed by atoms with Crippen LogP contribution in [0, 0.1) is 5.92 Å². The maximum atomic E-state index is 12.3. The van der Waals surface area contributed by atoms with Gasteiger partial charge in [-0.15, -0.1) is 0 Å². The number of carboxylic acid groups (broad SMARTS) is 1. The maximum absolute atomic E-state index is 12.3. The van der Waals surface area contributed by atoms with Crippen molar-refractivity contribution in [2.75, 3.05) is 40.8 Å². The van der Waals surface area contributed by atoms with Crippen LogP contribution in [0.2, 0.25) is 0 Å². The lowest BCUT2D eigenvalue weighted by molar-refractivity contribution is -0.196. The van der Waals surface area contributed by atoms with Crippen LogP contribution in [0.15, 0.2) is 0 Å². The van der Waals surface area contributed by atoms with Crippen molar-refractivity contribution in [2.24, 2.45) is 5.92 Å². The average Bonchev–Trinajstić information content (AvgIpc) is 2.08. The minimum Gasteiger partial charge on any atom is -0.481 e. The summed E-state index contributed by atoms with van der Waals surface area (Å²) in [5.41, 5.74) is 0. The molecule has 0 saturated heterocycles. The summed E-state index contributed by atoms with van der Waals surface area (Å²) in [5.74, 6) is -4.15. The van der Waals surface area contributed by atoms with Crippen LogP contribution in [0.5, 0.6) is 0 Å². The molecular formula is C9H17F3N2O2. The molecule has 0 aromatic heterocycles. The molecule has 16 heavy (non-hydrogen) atoms. The molecule has 0 bridgehead atoms. The number of nitrogens with zero attached hydrogens (tertiary/aromatic N) is 2. The first-order valence-electron chi connectivity index (χ1n) is 4.77. The number of carbonyl (C=O) groups is 1. The summed E-state index contributed by atoms with van der Waals surface area (Å²) in [5, 5.41) is 8.48. The van der Waals surface area contributed by atoms with Crippen molar-refractivity contribution in [3.8, 4) is 0 Å². The number of likely N-dealkylation sites (N-methyl/N-ethyl adjacent to an activating group) is 2. The quantitative estimate of drug-likeness (QED) is 0.746. The van der Waals surface area contributed by atoms with Crippen LogP contribution in [0.4, 0.5) is 13.2 Å². The van der Waals surface area contributed by atoms with Gasteiger partial charge in [0.25, 0.3) is 0 Å². The SMILES string of the molecule is CN(C)CCN(C)CC(C(=O)O)C(F)(F)F. The van der Waals surface area contributed by atoms with Gasteiger partial charge >= 0.3 is 12.1 Å². The van der Waals surface area contributed by atoms with Crippen LogP contribution in [-0.4, -0.2) is 67.8 Å². The van der Waals surface area contributed by atoms with Crippen molar-refractivity contribution in [3.05, 3.63) is 0 Å². The molecule has 0 rings (SSSR count). The largest absolute Gasteiger partial charge is 0.481 e. The molecule has 1 atom stereocenters. The highest BCUT2D eigenvalue weighted by atomic mass is 19.4. The summed E-state index contributed by atoms with van der Waals surface area (Å²) in [6, 6.07) is 0. The molecule has 0 aliphatic rings. The predicted molar refractivity (Wildman–Crippen MR) is 53.2 cm³/mol. The zero-order valence-corrected chi connectivity index (χ0v) is 9.58. The number of rotatable bonds is 6. The first kappa shape index (κ1) is 15.2. The third-order valence-corrected chi connectivity index (χ3v) is 2.12. The topological polar surface area (TPSA) is 43.8 Å². The number of aliphatic carboxylic acids is 1. The molecule has 1 unspecified atom stereocenters. The third kappa shape index (κ3) is 5.92. The number of carboxylic acids is 1. The van der Waals surface area contributed by atoms with Gasteiger partial charge in [0.1, 0.15) is 0 Å². The van der Waals surface area contributed by atoms with Crippen LogP contribution in [0.3, 0.4) is 0 Å². The fourth-order valence-corrected chi connectivity index (χ4v) is 1.10. The Morgan fingerprint density at radius 1 is 1.25 bits per heavy atom. The molecule has 4 nitrogen and oxygen atoms in total. The summed E-state index contributed by atoms with van der Waals surface area (Å²) in [7, 11) is 5.07. The van der Waals surface area contributed by atoms with Gasteiger partial charge in [-0.3, -0.25) is 4.79 Å². The van der Waals surface area contributed by atoms with Crippen molar-refractivity contribution in [2.45, 2.75) is 6.18 Å². The highest BCUT2D eigenvalue weighted by molar-refractivity contribution is 5.71. The molecule has 0 fully saturated rings. The van der Waals surface area contributed by atoms with Crippen molar-refractivity contribution in [1.82, 2.24) is 9.80 Å². The lowest BCUT2D eigenvalue weighted by atomic mass is 10.1. The molecule has 0 aromatic carbocycles. The van der Waals surface area contributed by atoms with E-state index in [9.17, 15) is 18.0 Å². The number of alkyl halides is 3. The van der Waals surface area contributed by atoms with E-state index in [-0.39, 0.29) is 0 Å². The monoisotopic (exact) mass is 242 g/mol. The Morgan fingerprint density at radius 3 is 2.06 bits per heavy atom. The molecular weight excluding hydrogens is 225 g/mol. The number of hydrogen-bond acceptors (Lipinski definition) is 3. The molecule has 0 radical (unpaired) electrons. The highest BCUT2D eigenvalue weighted by Crippen LogP contribution is 2.26. The fourth-order valence-electron chi connectivity index (χ4n) is 1.10. The van der Waals surface area contributed by atoms with Gasteiger partial charge in [0.05, 0.1) is 0 Å². The fraction of sp³-hybridized carbons (Fsp3) is 0.889. The normalized spacial score (nSPS) is 14.5. The predicted octanol–water partition coefficient (Wildman–Crippen LogP) is 0.743. The lowest BCUT2D eigenvalue weighted by Gasteiger charge is -2.24. The molecule has 1 N–H and O–H groups in total. The van der Waals surface area contributed by atoms with Crippen LogP contribution in [0.1, 0.15) is 0 Å². The first-order chi connectivity index (χ1) is 7.14. The van der Waals surface area contributed by atoms with Gasteiger partial charge in [-0.2, -0.15) is 13.2 Å². The minimum atomic E-state index is -4.70. The van der Waals surface area contributed by atoms with Gasteiger partial charge in [-0.05, 0) is 21.1 Å². The Labute approximate surface area is 92.6 Å². The first-order valence-corrected chi connectivity index (χ1v) is 4.77. The average molecular weight is 242 g/mol. The van der Waals surface area contributed by atoms with E-state index in [2.05, 4.69) is 0 Å². The van der Waals surface area contributed by atoms with E-state index in [1.165, 1.54) is 11.9 Å². The molecule has 0 heterocycles. The van der Waals surface area contributed by atoms with Crippen LogP contribution >= 0.6 is 0 Å². The zero-order chi connectivity index (χ0) is 12.9. The Morgan fingerprint density at radius 2 is 1.75 bits per heavy atom. The van der Waals surface area contributed by atoms with E-state index in [1.807, 2.05) is 4.90 Å². The van der Waals surface area contributed by atoms with Crippen LogP contribution < -0.4 is 0 Å². The van der Waals surface area contributed by atoms with Gasteiger partial charge in [0, 0.05) is 19.6 Å². The molecule has 96 valence electrons. The Hall–Kier alpha value is -0.820. The second-order valence-electron chi connectivity index (χ2n) is 4.00. The summed E-state index contributed by atoms with van der Waals surface area (Å²) in [4.78, 5) is 13.6. The van der Waals surface area contributed by atoms with Gasteiger partial charge in [-0.1, -0.05) is 0 Å². The molecule has 0 saturated carbocycles. The summed E-state index contributed by atoms with van der Waals surface area (Å²) < 4.78 is 36.9. The van der Waals surface area contributed by atoms with Crippen molar-refractivity contribution in [1.29, 1.82) is 0 Å². The molecule has 0 aliphatic carbocycles. The lowest BCUT2D eigenvalue weighted by Crippen LogP contribution is -2.41. The molecule has 0 aliphatic heterocycles. The van der Waals surface area contributed by atoms with Crippen molar-refractivity contribution >= 4 is 5.97 Å². The van der Waals surface area contributed by atoms with Crippen molar-refractivity contribution in [3.63, 3.8) is 0 Å². The molecule has 0 amide bonds. The summed E-state index contributed by atoms with van der Waals surface area (Å²) in [6.45, 7) is 0.459. The molecule has 7 heteroatoms. The van der Waals surface area contributed by atoms with Crippen molar-refractivity contribution < 1.29 is 23.1 Å². The number of hydrogen-bond donors (Lipinski definition) is 1. The van der Waals surface area contributed by atoms with E-state index in [0.29, 0.717) is 13.1 Å². The minimum absolute atomic E-state index is 0.396. The molecule has 0 spiro atoms. The van der Waals surface area contributed by atoms with E-state index < -0.39 is 24.6 Å². The van der Waals surface area contributed by atoms with E-state index in [0.717, 1.165) is 0 Å². The van der Waals surface area contributed by atoms with E-state index >= 15 is 0 Å². The molecule has 0 aromatic rings. The van der Waals surface area contributed by atoms with Gasteiger partial charge < -0.3 is 14.9 Å². The maximum Gasteiger partial charge on any atom is 0.403 e.